The topological polar surface area (TPSA) is 86.8 Å². The maximum atomic E-state index is 14.0. The quantitative estimate of drug-likeness (QED) is 0.273. The number of amides is 2. The Bertz CT molecular complexity index is 1330. The number of carbonyl (C=O) groups is 2. The average molecular weight is 570 g/mol. The zero-order valence-corrected chi connectivity index (χ0v) is 24.2. The van der Waals surface area contributed by atoms with Gasteiger partial charge in [-0.15, -0.1) is 0 Å². The molecule has 0 unspecified atom stereocenters. The van der Waals surface area contributed by atoms with E-state index in [-0.39, 0.29) is 17.3 Å². The molecular formula is C30H36ClN3O4S. The van der Waals surface area contributed by atoms with Gasteiger partial charge in [-0.25, -0.2) is 8.42 Å². The van der Waals surface area contributed by atoms with E-state index in [1.165, 1.54) is 29.2 Å². The molecule has 0 aromatic heterocycles. The zero-order valence-electron chi connectivity index (χ0n) is 22.6. The molecule has 7 nitrogen and oxygen atoms in total. The first-order valence-electron chi connectivity index (χ1n) is 13.1. The maximum Gasteiger partial charge on any atom is 0.264 e. The largest absolute Gasteiger partial charge is 0.354 e. The van der Waals surface area contributed by atoms with Gasteiger partial charge >= 0.3 is 0 Å². The van der Waals surface area contributed by atoms with Gasteiger partial charge in [-0.3, -0.25) is 13.9 Å². The Kier molecular flexibility index (Phi) is 10.9. The van der Waals surface area contributed by atoms with Crippen LogP contribution in [0.2, 0.25) is 5.02 Å². The minimum atomic E-state index is -4.12. The predicted octanol–water partition coefficient (Wildman–Crippen LogP) is 5.57. The lowest BCUT2D eigenvalue weighted by Gasteiger charge is -2.33. The van der Waals surface area contributed by atoms with E-state index in [1.54, 1.807) is 30.3 Å². The second-order valence-corrected chi connectivity index (χ2v) is 11.7. The van der Waals surface area contributed by atoms with Gasteiger partial charge in [0.2, 0.25) is 11.8 Å². The molecule has 0 saturated heterocycles. The molecule has 1 N–H and O–H groups in total. The molecule has 0 spiro atoms. The summed E-state index contributed by atoms with van der Waals surface area (Å²) >= 11 is 5.99. The standard InChI is InChI=1S/C30H36ClN3O4S/c1-4-6-20-32-30(36)28(5-2)33(21-24-14-12-23(3)13-15-24)29(35)22-34(26-10-8-7-9-11-26)39(37,38)27-18-16-25(31)17-19-27/h7-19,28H,4-6,20-22H2,1-3H3,(H,32,36)/t28-/m0/s1. The van der Waals surface area contributed by atoms with E-state index in [0.717, 1.165) is 28.3 Å². The molecule has 39 heavy (non-hydrogen) atoms. The second kappa shape index (κ2) is 14.1. The number of nitrogens with zero attached hydrogens (tertiary/aromatic N) is 2. The van der Waals surface area contributed by atoms with Crippen LogP contribution in [-0.2, 0) is 26.2 Å². The SMILES string of the molecule is CCCCNC(=O)[C@H](CC)N(Cc1ccc(C)cc1)C(=O)CN(c1ccccc1)S(=O)(=O)c1ccc(Cl)cc1. The summed E-state index contributed by atoms with van der Waals surface area (Å²) in [6, 6.07) is 21.3. The monoisotopic (exact) mass is 569 g/mol. The molecule has 9 heteroatoms. The van der Waals surface area contributed by atoms with Gasteiger partial charge in [0.05, 0.1) is 10.6 Å². The van der Waals surface area contributed by atoms with Gasteiger partial charge in [-0.1, -0.05) is 79.9 Å². The predicted molar refractivity (Wildman–Crippen MR) is 156 cm³/mol. The fourth-order valence-corrected chi connectivity index (χ4v) is 5.71. The highest BCUT2D eigenvalue weighted by atomic mass is 35.5. The van der Waals surface area contributed by atoms with Gasteiger partial charge in [0.25, 0.3) is 10.0 Å². The van der Waals surface area contributed by atoms with Crippen molar-refractivity contribution in [1.82, 2.24) is 10.2 Å². The van der Waals surface area contributed by atoms with Crippen LogP contribution in [0.5, 0.6) is 0 Å². The molecule has 208 valence electrons. The summed E-state index contributed by atoms with van der Waals surface area (Å²) in [7, 11) is -4.12. The summed E-state index contributed by atoms with van der Waals surface area (Å²) in [5.41, 5.74) is 2.27. The van der Waals surface area contributed by atoms with Crippen LogP contribution in [0.25, 0.3) is 0 Å². The molecule has 3 aromatic rings. The van der Waals surface area contributed by atoms with E-state index < -0.39 is 28.5 Å². The summed E-state index contributed by atoms with van der Waals surface area (Å²) in [5, 5.41) is 3.34. The Labute approximate surface area is 236 Å². The van der Waals surface area contributed by atoms with Crippen molar-refractivity contribution in [3.8, 4) is 0 Å². The molecule has 3 aromatic carbocycles. The summed E-state index contributed by atoms with van der Waals surface area (Å²) in [5.74, 6) is -0.729. The Morgan fingerprint density at radius 3 is 2.15 bits per heavy atom. The van der Waals surface area contributed by atoms with Crippen molar-refractivity contribution < 1.29 is 18.0 Å². The number of para-hydroxylation sites is 1. The third kappa shape index (κ3) is 8.07. The third-order valence-corrected chi connectivity index (χ3v) is 8.45. The van der Waals surface area contributed by atoms with Gasteiger partial charge in [-0.2, -0.15) is 0 Å². The van der Waals surface area contributed by atoms with E-state index in [0.29, 0.717) is 23.7 Å². The number of anilines is 1. The lowest BCUT2D eigenvalue weighted by molar-refractivity contribution is -0.140. The smallest absolute Gasteiger partial charge is 0.264 e. The van der Waals surface area contributed by atoms with Crippen molar-refractivity contribution in [2.24, 2.45) is 0 Å². The van der Waals surface area contributed by atoms with Gasteiger partial charge in [0, 0.05) is 18.1 Å². The van der Waals surface area contributed by atoms with Crippen molar-refractivity contribution in [1.29, 1.82) is 0 Å². The van der Waals surface area contributed by atoms with Crippen molar-refractivity contribution in [2.75, 3.05) is 17.4 Å². The molecule has 2 amide bonds. The Morgan fingerprint density at radius 1 is 0.923 bits per heavy atom. The Morgan fingerprint density at radius 2 is 1.56 bits per heavy atom. The van der Waals surface area contributed by atoms with Crippen molar-refractivity contribution in [3.05, 3.63) is 95.0 Å². The van der Waals surface area contributed by atoms with E-state index in [1.807, 2.05) is 45.0 Å². The molecule has 0 fully saturated rings. The molecule has 0 radical (unpaired) electrons. The molecule has 3 rings (SSSR count). The number of sulfonamides is 1. The van der Waals surface area contributed by atoms with Gasteiger partial charge in [0.15, 0.2) is 0 Å². The summed E-state index contributed by atoms with van der Waals surface area (Å²) in [6.45, 7) is 6.07. The first kappa shape index (κ1) is 30.2. The molecule has 0 aliphatic heterocycles. The lowest BCUT2D eigenvalue weighted by Crippen LogP contribution is -2.52. The van der Waals surface area contributed by atoms with E-state index in [2.05, 4.69) is 5.32 Å². The minimum Gasteiger partial charge on any atom is -0.354 e. The van der Waals surface area contributed by atoms with Gasteiger partial charge in [0.1, 0.15) is 12.6 Å². The molecule has 0 aliphatic rings. The highest BCUT2D eigenvalue weighted by molar-refractivity contribution is 7.92. The fraction of sp³-hybridized carbons (Fsp3) is 0.333. The number of hydrogen-bond donors (Lipinski definition) is 1. The van der Waals surface area contributed by atoms with Crippen LogP contribution in [0.15, 0.2) is 83.8 Å². The fourth-order valence-electron chi connectivity index (χ4n) is 4.17. The number of halogens is 1. The first-order chi connectivity index (χ1) is 18.7. The first-order valence-corrected chi connectivity index (χ1v) is 14.9. The second-order valence-electron chi connectivity index (χ2n) is 9.38. The summed E-state index contributed by atoms with van der Waals surface area (Å²) in [4.78, 5) is 28.7. The molecule has 0 saturated carbocycles. The summed E-state index contributed by atoms with van der Waals surface area (Å²) < 4.78 is 28.6. The molecule has 1 atom stereocenters. The normalized spacial score (nSPS) is 12.0. The van der Waals surface area contributed by atoms with Crippen molar-refractivity contribution >= 4 is 39.1 Å². The number of hydrogen-bond acceptors (Lipinski definition) is 4. The highest BCUT2D eigenvalue weighted by Crippen LogP contribution is 2.25. The van der Waals surface area contributed by atoms with Gasteiger partial charge in [-0.05, 0) is 61.7 Å². The zero-order chi connectivity index (χ0) is 28.4. The van der Waals surface area contributed by atoms with E-state index in [4.69, 9.17) is 11.6 Å². The van der Waals surface area contributed by atoms with Crippen LogP contribution in [0.4, 0.5) is 5.69 Å². The van der Waals surface area contributed by atoms with Crippen molar-refractivity contribution in [2.45, 2.75) is 57.5 Å². The number of rotatable bonds is 13. The number of aryl methyl sites for hydroxylation is 1. The van der Waals surface area contributed by atoms with E-state index >= 15 is 0 Å². The Balaban J connectivity index is 2.00. The van der Waals surface area contributed by atoms with Crippen LogP contribution in [0.3, 0.4) is 0 Å². The van der Waals surface area contributed by atoms with E-state index in [9.17, 15) is 18.0 Å². The van der Waals surface area contributed by atoms with Crippen LogP contribution < -0.4 is 9.62 Å². The Hall–Kier alpha value is -3.36. The maximum absolute atomic E-state index is 14.0. The molecule has 0 heterocycles. The molecule has 0 bridgehead atoms. The van der Waals surface area contributed by atoms with Crippen LogP contribution >= 0.6 is 11.6 Å². The molecular weight excluding hydrogens is 534 g/mol. The highest BCUT2D eigenvalue weighted by Gasteiger charge is 2.33. The lowest BCUT2D eigenvalue weighted by atomic mass is 10.1. The van der Waals surface area contributed by atoms with Crippen LogP contribution in [-0.4, -0.2) is 44.3 Å². The number of unbranched alkanes of at least 4 members (excludes halogenated alkanes) is 1. The minimum absolute atomic E-state index is 0.0120. The van der Waals surface area contributed by atoms with Gasteiger partial charge < -0.3 is 10.2 Å². The van der Waals surface area contributed by atoms with Crippen LogP contribution in [0.1, 0.15) is 44.2 Å². The van der Waals surface area contributed by atoms with Crippen LogP contribution in [0, 0.1) is 6.92 Å². The van der Waals surface area contributed by atoms with Crippen molar-refractivity contribution in [3.63, 3.8) is 0 Å². The molecule has 0 aliphatic carbocycles. The number of carbonyl (C=O) groups excluding carboxylic acids is 2. The number of benzene rings is 3. The third-order valence-electron chi connectivity index (χ3n) is 6.41. The average Bonchev–Trinajstić information content (AvgIpc) is 2.93. The number of nitrogens with one attached hydrogen (secondary N) is 1. The summed E-state index contributed by atoms with van der Waals surface area (Å²) in [6.07, 6.45) is 2.14.